The van der Waals surface area contributed by atoms with Crippen LogP contribution in [0.1, 0.15) is 36.6 Å². The Labute approximate surface area is 131 Å². The third-order valence-electron chi connectivity index (χ3n) is 3.86. The fourth-order valence-electron chi connectivity index (χ4n) is 2.69. The largest absolute Gasteiger partial charge is 0.293 e. The van der Waals surface area contributed by atoms with E-state index in [0.717, 1.165) is 23.7 Å². The molecule has 0 saturated carbocycles. The summed E-state index contributed by atoms with van der Waals surface area (Å²) in [6.07, 6.45) is 0. The normalized spacial score (nSPS) is 12.7. The Morgan fingerprint density at radius 1 is 1.00 bits per heavy atom. The molecule has 0 spiro atoms. The molecular weight excluding hydrogens is 285 g/mol. The molecule has 112 valence electrons. The van der Waals surface area contributed by atoms with Crippen LogP contribution in [0, 0.1) is 12.7 Å². The predicted octanol–water partition coefficient (Wildman–Crippen LogP) is 5.22. The Morgan fingerprint density at radius 2 is 1.57 bits per heavy atom. The maximum absolute atomic E-state index is 13.6. The Balaban J connectivity index is 2.49. The highest BCUT2D eigenvalue weighted by molar-refractivity contribution is 6.30. The zero-order valence-corrected chi connectivity index (χ0v) is 13.5. The molecule has 0 aromatic heterocycles. The lowest BCUT2D eigenvalue weighted by molar-refractivity contribution is 0.250. The fourth-order valence-corrected chi connectivity index (χ4v) is 2.81. The van der Waals surface area contributed by atoms with E-state index in [4.69, 9.17) is 11.6 Å². The molecule has 0 N–H and O–H groups in total. The van der Waals surface area contributed by atoms with Crippen LogP contribution in [0.4, 0.5) is 4.39 Å². The van der Waals surface area contributed by atoms with Crippen molar-refractivity contribution in [3.63, 3.8) is 0 Å². The van der Waals surface area contributed by atoms with E-state index in [9.17, 15) is 4.39 Å². The highest BCUT2D eigenvalue weighted by atomic mass is 35.5. The van der Waals surface area contributed by atoms with Gasteiger partial charge in [0.25, 0.3) is 0 Å². The summed E-state index contributed by atoms with van der Waals surface area (Å²) >= 11 is 5.99. The summed E-state index contributed by atoms with van der Waals surface area (Å²) in [4.78, 5) is 2.36. The van der Waals surface area contributed by atoms with Crippen LogP contribution in [0.15, 0.2) is 42.5 Å². The smallest absolute Gasteiger partial charge is 0.126 e. The van der Waals surface area contributed by atoms with Gasteiger partial charge in [-0.25, -0.2) is 4.39 Å². The summed E-state index contributed by atoms with van der Waals surface area (Å²) in [5, 5.41) is 0.729. The fraction of sp³-hybridized carbons (Fsp3) is 0.333. The molecule has 2 aromatic rings. The van der Waals surface area contributed by atoms with Crippen LogP contribution in [0.5, 0.6) is 0 Å². The quantitative estimate of drug-likeness (QED) is 0.732. The second-order valence-electron chi connectivity index (χ2n) is 5.18. The first-order valence-corrected chi connectivity index (χ1v) is 7.70. The molecule has 0 fully saturated rings. The molecule has 1 unspecified atom stereocenters. The Morgan fingerprint density at radius 3 is 2.10 bits per heavy atom. The first-order valence-electron chi connectivity index (χ1n) is 7.32. The molecule has 21 heavy (non-hydrogen) atoms. The van der Waals surface area contributed by atoms with Crippen molar-refractivity contribution in [3.05, 3.63) is 70.0 Å². The Hall–Kier alpha value is -1.38. The number of benzene rings is 2. The van der Waals surface area contributed by atoms with Gasteiger partial charge in [-0.2, -0.15) is 0 Å². The van der Waals surface area contributed by atoms with E-state index in [1.54, 1.807) is 13.0 Å². The summed E-state index contributed by atoms with van der Waals surface area (Å²) in [5.74, 6) is -0.159. The van der Waals surface area contributed by atoms with Crippen LogP contribution in [-0.4, -0.2) is 18.0 Å². The molecule has 1 nitrogen and oxygen atoms in total. The average Bonchev–Trinajstić information content (AvgIpc) is 2.49. The molecule has 3 heteroatoms. The van der Waals surface area contributed by atoms with Crippen molar-refractivity contribution in [1.29, 1.82) is 0 Å². The molecule has 0 aliphatic carbocycles. The van der Waals surface area contributed by atoms with E-state index in [1.807, 2.05) is 36.4 Å². The van der Waals surface area contributed by atoms with E-state index in [2.05, 4.69) is 18.7 Å². The van der Waals surface area contributed by atoms with Crippen LogP contribution >= 0.6 is 11.6 Å². The van der Waals surface area contributed by atoms with E-state index >= 15 is 0 Å². The minimum Gasteiger partial charge on any atom is -0.293 e. The van der Waals surface area contributed by atoms with E-state index < -0.39 is 0 Å². The molecule has 0 bridgehead atoms. The summed E-state index contributed by atoms with van der Waals surface area (Å²) in [5.41, 5.74) is 2.97. The molecule has 0 saturated heterocycles. The summed E-state index contributed by atoms with van der Waals surface area (Å²) in [6, 6.07) is 13.4. The van der Waals surface area contributed by atoms with Crippen molar-refractivity contribution < 1.29 is 4.39 Å². The van der Waals surface area contributed by atoms with Gasteiger partial charge in [-0.05, 0) is 54.9 Å². The lowest BCUT2D eigenvalue weighted by Crippen LogP contribution is -2.29. The van der Waals surface area contributed by atoms with Gasteiger partial charge in [0, 0.05) is 5.02 Å². The molecule has 0 heterocycles. The number of nitrogens with zero attached hydrogens (tertiary/aromatic N) is 1. The average molecular weight is 306 g/mol. The second-order valence-corrected chi connectivity index (χ2v) is 5.62. The first-order chi connectivity index (χ1) is 10.1. The van der Waals surface area contributed by atoms with E-state index in [1.165, 1.54) is 5.56 Å². The lowest BCUT2D eigenvalue weighted by atomic mass is 9.95. The van der Waals surface area contributed by atoms with Gasteiger partial charge in [-0.1, -0.05) is 49.7 Å². The van der Waals surface area contributed by atoms with Crippen molar-refractivity contribution >= 4 is 11.6 Å². The van der Waals surface area contributed by atoms with Crippen LogP contribution in [0.25, 0.3) is 0 Å². The maximum atomic E-state index is 13.6. The maximum Gasteiger partial charge on any atom is 0.126 e. The van der Waals surface area contributed by atoms with Gasteiger partial charge in [-0.3, -0.25) is 4.90 Å². The number of halogens is 2. The Bertz CT molecular complexity index is 591. The van der Waals surface area contributed by atoms with Crippen LogP contribution < -0.4 is 0 Å². The SMILES string of the molecule is CCN(CC)C(c1ccc(Cl)cc1)c1ccc(F)c(C)c1. The molecule has 0 aliphatic rings. The Kier molecular flexibility index (Phi) is 5.38. The van der Waals surface area contributed by atoms with Crippen LogP contribution in [0.2, 0.25) is 5.02 Å². The first kappa shape index (κ1) is 16.0. The second kappa shape index (κ2) is 7.06. The van der Waals surface area contributed by atoms with Crippen molar-refractivity contribution in [1.82, 2.24) is 4.90 Å². The third-order valence-corrected chi connectivity index (χ3v) is 4.11. The van der Waals surface area contributed by atoms with Gasteiger partial charge >= 0.3 is 0 Å². The molecule has 2 aromatic carbocycles. The number of hydrogen-bond donors (Lipinski definition) is 0. The van der Waals surface area contributed by atoms with Crippen molar-refractivity contribution in [2.45, 2.75) is 26.8 Å². The molecular formula is C18H21ClFN. The zero-order valence-electron chi connectivity index (χ0n) is 12.7. The molecule has 1 atom stereocenters. The standard InChI is InChI=1S/C18H21ClFN/c1-4-21(5-2)18(14-6-9-16(19)10-7-14)15-8-11-17(20)13(3)12-15/h6-12,18H,4-5H2,1-3H3. The van der Waals surface area contributed by atoms with Crippen LogP contribution in [-0.2, 0) is 0 Å². The van der Waals surface area contributed by atoms with Gasteiger partial charge in [0.15, 0.2) is 0 Å². The molecule has 0 radical (unpaired) electrons. The summed E-state index contributed by atoms with van der Waals surface area (Å²) < 4.78 is 13.6. The number of aryl methyl sites for hydroxylation is 1. The predicted molar refractivity (Wildman–Crippen MR) is 87.4 cm³/mol. The highest BCUT2D eigenvalue weighted by Gasteiger charge is 2.20. The third kappa shape index (κ3) is 3.63. The van der Waals surface area contributed by atoms with Crippen molar-refractivity contribution in [2.75, 3.05) is 13.1 Å². The molecule has 0 aliphatic heterocycles. The van der Waals surface area contributed by atoms with Gasteiger partial charge in [0.05, 0.1) is 6.04 Å². The monoisotopic (exact) mass is 305 g/mol. The zero-order chi connectivity index (χ0) is 15.4. The lowest BCUT2D eigenvalue weighted by Gasteiger charge is -2.31. The van der Waals surface area contributed by atoms with Gasteiger partial charge in [0.1, 0.15) is 5.82 Å². The van der Waals surface area contributed by atoms with E-state index in [-0.39, 0.29) is 11.9 Å². The summed E-state index contributed by atoms with van der Waals surface area (Å²) in [7, 11) is 0. The summed E-state index contributed by atoms with van der Waals surface area (Å²) in [6.45, 7) is 7.95. The highest BCUT2D eigenvalue weighted by Crippen LogP contribution is 2.30. The minimum atomic E-state index is -0.159. The van der Waals surface area contributed by atoms with Gasteiger partial charge in [0.2, 0.25) is 0 Å². The van der Waals surface area contributed by atoms with Gasteiger partial charge < -0.3 is 0 Å². The molecule has 2 rings (SSSR count). The van der Waals surface area contributed by atoms with Crippen molar-refractivity contribution in [3.8, 4) is 0 Å². The van der Waals surface area contributed by atoms with Crippen molar-refractivity contribution in [2.24, 2.45) is 0 Å². The topological polar surface area (TPSA) is 3.24 Å². The van der Waals surface area contributed by atoms with Gasteiger partial charge in [-0.15, -0.1) is 0 Å². The minimum absolute atomic E-state index is 0.122. The number of hydrogen-bond acceptors (Lipinski definition) is 1. The number of rotatable bonds is 5. The van der Waals surface area contributed by atoms with E-state index in [0.29, 0.717) is 5.56 Å². The molecule has 0 amide bonds. The van der Waals surface area contributed by atoms with Crippen LogP contribution in [0.3, 0.4) is 0 Å².